The van der Waals surface area contributed by atoms with E-state index in [0.717, 1.165) is 9.99 Å². The number of anilines is 2. The van der Waals surface area contributed by atoms with Crippen LogP contribution in [0.5, 0.6) is 0 Å². The van der Waals surface area contributed by atoms with E-state index < -0.39 is 5.82 Å². The lowest BCUT2D eigenvalue weighted by Crippen LogP contribution is -2.29. The number of carbonyl (C=O) groups is 2. The van der Waals surface area contributed by atoms with Crippen LogP contribution in [0.3, 0.4) is 0 Å². The molecule has 1 aromatic carbocycles. The number of aliphatic hydroxyl groups excluding tert-OH is 1. The summed E-state index contributed by atoms with van der Waals surface area (Å²) in [6.07, 6.45) is 0.739. The van der Waals surface area contributed by atoms with E-state index in [9.17, 15) is 19.1 Å². The highest BCUT2D eigenvalue weighted by Gasteiger charge is 2.30. The minimum atomic E-state index is -0.438. The topological polar surface area (TPSA) is 74.6 Å². The Morgan fingerprint density at radius 2 is 2.11 bits per heavy atom. The molecule has 0 radical (unpaired) electrons. The number of nitrogens with zero attached hydrogens (tertiary/aromatic N) is 2. The standard InChI is InChI=1S/C19H21FIN3O3/c1-11(26)17-8-14(19(27)24-6-5-12(9-24)10-25)18(23(17)2)22-16-4-3-13(21)7-15(16)20/h3-4,7-8,12,22,25H,5-6,9-10H2,1-2H3/t12-/m0/s1. The number of benzene rings is 1. The molecule has 2 aromatic rings. The first kappa shape index (κ1) is 19.8. The van der Waals surface area contributed by atoms with Crippen LogP contribution >= 0.6 is 22.6 Å². The Morgan fingerprint density at radius 3 is 2.70 bits per heavy atom. The summed E-state index contributed by atoms with van der Waals surface area (Å²) in [7, 11) is 1.67. The zero-order valence-electron chi connectivity index (χ0n) is 15.1. The lowest BCUT2D eigenvalue weighted by Gasteiger charge is -2.18. The molecule has 27 heavy (non-hydrogen) atoms. The van der Waals surface area contributed by atoms with Crippen molar-refractivity contribution in [3.8, 4) is 0 Å². The lowest BCUT2D eigenvalue weighted by molar-refractivity contribution is 0.0783. The van der Waals surface area contributed by atoms with Gasteiger partial charge in [0.05, 0.1) is 16.9 Å². The molecule has 6 nitrogen and oxygen atoms in total. The average molecular weight is 485 g/mol. The van der Waals surface area contributed by atoms with Crippen LogP contribution in [0.15, 0.2) is 24.3 Å². The monoisotopic (exact) mass is 485 g/mol. The molecule has 1 amide bonds. The van der Waals surface area contributed by atoms with Gasteiger partial charge in [0, 0.05) is 43.2 Å². The summed E-state index contributed by atoms with van der Waals surface area (Å²) >= 11 is 2.02. The third-order valence-corrected chi connectivity index (χ3v) is 5.51. The normalized spacial score (nSPS) is 16.6. The van der Waals surface area contributed by atoms with Crippen LogP contribution in [0.1, 0.15) is 34.2 Å². The van der Waals surface area contributed by atoms with Gasteiger partial charge in [0.1, 0.15) is 11.6 Å². The minimum absolute atomic E-state index is 0.0379. The van der Waals surface area contributed by atoms with Gasteiger partial charge in [-0.15, -0.1) is 0 Å². The van der Waals surface area contributed by atoms with Gasteiger partial charge in [0.2, 0.25) is 0 Å². The quantitative estimate of drug-likeness (QED) is 0.504. The molecule has 0 unspecified atom stereocenters. The second-order valence-electron chi connectivity index (χ2n) is 6.74. The van der Waals surface area contributed by atoms with Crippen molar-refractivity contribution in [1.29, 1.82) is 0 Å². The molecule has 0 aliphatic carbocycles. The average Bonchev–Trinajstić information content (AvgIpc) is 3.22. The van der Waals surface area contributed by atoms with Crippen LogP contribution in [0.25, 0.3) is 0 Å². The van der Waals surface area contributed by atoms with Gasteiger partial charge < -0.3 is 19.9 Å². The van der Waals surface area contributed by atoms with Crippen molar-refractivity contribution in [2.75, 3.05) is 25.0 Å². The Hall–Kier alpha value is -1.94. The molecular weight excluding hydrogens is 464 g/mol. The molecule has 2 N–H and O–H groups in total. The highest BCUT2D eigenvalue weighted by atomic mass is 127. The summed E-state index contributed by atoms with van der Waals surface area (Å²) in [5.74, 6) is -0.417. The van der Waals surface area contributed by atoms with Crippen molar-refractivity contribution in [2.45, 2.75) is 13.3 Å². The number of nitrogens with one attached hydrogen (secondary N) is 1. The predicted molar refractivity (Wildman–Crippen MR) is 109 cm³/mol. The van der Waals surface area contributed by atoms with Crippen molar-refractivity contribution in [3.63, 3.8) is 0 Å². The van der Waals surface area contributed by atoms with E-state index >= 15 is 0 Å². The van der Waals surface area contributed by atoms with Crippen LogP contribution < -0.4 is 5.32 Å². The molecule has 144 valence electrons. The number of hydrogen-bond acceptors (Lipinski definition) is 4. The molecule has 1 aliphatic rings. The van der Waals surface area contributed by atoms with E-state index in [2.05, 4.69) is 5.32 Å². The summed E-state index contributed by atoms with van der Waals surface area (Å²) in [4.78, 5) is 26.7. The smallest absolute Gasteiger partial charge is 0.257 e. The number of carbonyl (C=O) groups excluding carboxylic acids is 2. The second-order valence-corrected chi connectivity index (χ2v) is 7.99. The highest BCUT2D eigenvalue weighted by molar-refractivity contribution is 14.1. The fraction of sp³-hybridized carbons (Fsp3) is 0.368. The Kier molecular flexibility index (Phi) is 5.85. The molecular formula is C19H21FIN3O3. The van der Waals surface area contributed by atoms with Gasteiger partial charge in [-0.2, -0.15) is 0 Å². The summed E-state index contributed by atoms with van der Waals surface area (Å²) in [5, 5.41) is 12.3. The summed E-state index contributed by atoms with van der Waals surface area (Å²) in [6.45, 7) is 2.48. The number of aromatic nitrogens is 1. The van der Waals surface area contributed by atoms with E-state index in [0.29, 0.717) is 30.2 Å². The van der Waals surface area contributed by atoms with Gasteiger partial charge in [-0.25, -0.2) is 4.39 Å². The number of aliphatic hydroxyl groups is 1. The third kappa shape index (κ3) is 4.01. The number of rotatable bonds is 5. The van der Waals surface area contributed by atoms with Crippen LogP contribution in [0.2, 0.25) is 0 Å². The summed E-state index contributed by atoms with van der Waals surface area (Å²) in [6, 6.07) is 6.30. The van der Waals surface area contributed by atoms with Gasteiger partial charge in [-0.1, -0.05) is 0 Å². The zero-order chi connectivity index (χ0) is 19.7. The van der Waals surface area contributed by atoms with Crippen molar-refractivity contribution in [1.82, 2.24) is 9.47 Å². The Morgan fingerprint density at radius 1 is 1.37 bits per heavy atom. The largest absolute Gasteiger partial charge is 0.396 e. The fourth-order valence-corrected chi connectivity index (χ4v) is 3.76. The molecule has 1 atom stereocenters. The maximum atomic E-state index is 14.3. The molecule has 1 saturated heterocycles. The van der Waals surface area contributed by atoms with E-state index in [1.165, 1.54) is 13.0 Å². The molecule has 0 spiro atoms. The maximum Gasteiger partial charge on any atom is 0.257 e. The number of hydrogen-bond donors (Lipinski definition) is 2. The second kappa shape index (κ2) is 7.97. The molecule has 0 bridgehead atoms. The first-order chi connectivity index (χ1) is 12.8. The van der Waals surface area contributed by atoms with Crippen LogP contribution in [-0.4, -0.2) is 46.0 Å². The predicted octanol–water partition coefficient (Wildman–Crippen LogP) is 3.17. The number of halogens is 2. The van der Waals surface area contributed by atoms with Gasteiger partial charge in [0.15, 0.2) is 5.78 Å². The first-order valence-electron chi connectivity index (χ1n) is 8.64. The van der Waals surface area contributed by atoms with Gasteiger partial charge in [0.25, 0.3) is 5.91 Å². The molecule has 1 aliphatic heterocycles. The van der Waals surface area contributed by atoms with Gasteiger partial charge >= 0.3 is 0 Å². The highest BCUT2D eigenvalue weighted by Crippen LogP contribution is 2.29. The summed E-state index contributed by atoms with van der Waals surface area (Å²) in [5.41, 5.74) is 0.916. The zero-order valence-corrected chi connectivity index (χ0v) is 17.3. The van der Waals surface area contributed by atoms with E-state index in [1.807, 2.05) is 22.6 Å². The van der Waals surface area contributed by atoms with E-state index in [-0.39, 0.29) is 29.9 Å². The molecule has 0 saturated carbocycles. The van der Waals surface area contributed by atoms with Crippen LogP contribution in [-0.2, 0) is 7.05 Å². The third-order valence-electron chi connectivity index (χ3n) is 4.84. The number of amides is 1. The molecule has 2 heterocycles. The molecule has 1 aromatic heterocycles. The molecule has 8 heteroatoms. The van der Waals surface area contributed by atoms with Gasteiger partial charge in [-0.3, -0.25) is 9.59 Å². The number of ketones is 1. The van der Waals surface area contributed by atoms with Crippen LogP contribution in [0.4, 0.5) is 15.9 Å². The van der Waals surface area contributed by atoms with E-state index in [4.69, 9.17) is 0 Å². The Bertz CT molecular complexity index is 897. The number of Topliss-reactive ketones (excluding diaryl/α,β-unsaturated/α-hetero) is 1. The van der Waals surface area contributed by atoms with E-state index in [1.54, 1.807) is 34.7 Å². The van der Waals surface area contributed by atoms with Crippen molar-refractivity contribution in [2.24, 2.45) is 13.0 Å². The first-order valence-corrected chi connectivity index (χ1v) is 9.72. The number of likely N-dealkylation sites (tertiary alicyclic amines) is 1. The summed E-state index contributed by atoms with van der Waals surface area (Å²) < 4.78 is 16.6. The molecule has 1 fully saturated rings. The lowest BCUT2D eigenvalue weighted by atomic mass is 10.1. The van der Waals surface area contributed by atoms with Gasteiger partial charge in [-0.05, 0) is 53.3 Å². The Labute approximate surface area is 170 Å². The fourth-order valence-electron chi connectivity index (χ4n) is 3.31. The van der Waals surface area contributed by atoms with Crippen molar-refractivity contribution in [3.05, 3.63) is 44.9 Å². The molecule has 3 rings (SSSR count). The van der Waals surface area contributed by atoms with Crippen molar-refractivity contribution >= 4 is 45.8 Å². The minimum Gasteiger partial charge on any atom is -0.396 e. The van der Waals surface area contributed by atoms with Crippen molar-refractivity contribution < 1.29 is 19.1 Å². The Balaban J connectivity index is 1.99. The SMILES string of the molecule is CC(=O)c1cc(C(=O)N2CC[C@H](CO)C2)c(Nc2ccc(I)cc2F)n1C. The maximum absolute atomic E-state index is 14.3. The van der Waals surface area contributed by atoms with Crippen LogP contribution in [0, 0.1) is 15.3 Å².